The van der Waals surface area contributed by atoms with Crippen LogP contribution < -0.4 is 5.32 Å². The van der Waals surface area contributed by atoms with Crippen molar-refractivity contribution in [1.82, 2.24) is 5.32 Å². The second kappa shape index (κ2) is 5.46. The number of amides is 1. The van der Waals surface area contributed by atoms with Crippen LogP contribution in [0, 0.1) is 0 Å². The van der Waals surface area contributed by atoms with Gasteiger partial charge in [0.25, 0.3) is 5.91 Å². The summed E-state index contributed by atoms with van der Waals surface area (Å²) in [5.41, 5.74) is 0.667. The van der Waals surface area contributed by atoms with Crippen LogP contribution in [0.3, 0.4) is 0 Å². The molecule has 1 fully saturated rings. The lowest BCUT2D eigenvalue weighted by Gasteiger charge is -2.11. The van der Waals surface area contributed by atoms with E-state index in [9.17, 15) is 4.79 Å². The van der Waals surface area contributed by atoms with Crippen molar-refractivity contribution < 1.29 is 9.53 Å². The molecule has 2 rings (SSSR count). The fourth-order valence-corrected chi connectivity index (χ4v) is 2.22. The Balaban J connectivity index is 1.90. The maximum absolute atomic E-state index is 11.8. The molecule has 1 heterocycles. The molecule has 4 heteroatoms. The Bertz CT molecular complexity index is 375. The SMILES string of the molecule is O=C(NC[C@@H]1CCCO1)c1ccccc1Br. The van der Waals surface area contributed by atoms with Gasteiger partial charge in [0.05, 0.1) is 11.7 Å². The molecule has 1 atom stereocenters. The highest BCUT2D eigenvalue weighted by Gasteiger charge is 2.17. The summed E-state index contributed by atoms with van der Waals surface area (Å²) >= 11 is 3.36. The number of benzene rings is 1. The van der Waals surface area contributed by atoms with Crippen LogP contribution in [0.5, 0.6) is 0 Å². The summed E-state index contributed by atoms with van der Waals surface area (Å²) < 4.78 is 6.26. The van der Waals surface area contributed by atoms with Crippen LogP contribution in [0.15, 0.2) is 28.7 Å². The fraction of sp³-hybridized carbons (Fsp3) is 0.417. The van der Waals surface area contributed by atoms with Crippen molar-refractivity contribution in [2.75, 3.05) is 13.2 Å². The monoisotopic (exact) mass is 283 g/mol. The molecule has 1 aromatic carbocycles. The number of nitrogens with one attached hydrogen (secondary N) is 1. The number of ether oxygens (including phenoxy) is 1. The first-order valence-electron chi connectivity index (χ1n) is 5.41. The Labute approximate surface area is 103 Å². The molecule has 0 saturated carbocycles. The van der Waals surface area contributed by atoms with Crippen molar-refractivity contribution in [1.29, 1.82) is 0 Å². The quantitative estimate of drug-likeness (QED) is 0.925. The first-order valence-corrected chi connectivity index (χ1v) is 6.21. The molecule has 1 N–H and O–H groups in total. The summed E-state index contributed by atoms with van der Waals surface area (Å²) in [6, 6.07) is 7.41. The number of hydrogen-bond donors (Lipinski definition) is 1. The van der Waals surface area contributed by atoms with E-state index in [1.54, 1.807) is 6.07 Å². The molecule has 1 aliphatic heterocycles. The van der Waals surface area contributed by atoms with E-state index in [0.717, 1.165) is 23.9 Å². The molecule has 0 bridgehead atoms. The van der Waals surface area contributed by atoms with E-state index in [4.69, 9.17) is 4.74 Å². The predicted molar refractivity (Wildman–Crippen MR) is 65.4 cm³/mol. The minimum Gasteiger partial charge on any atom is -0.376 e. The molecule has 1 amide bonds. The largest absolute Gasteiger partial charge is 0.376 e. The standard InChI is InChI=1S/C12H14BrNO2/c13-11-6-2-1-5-10(11)12(15)14-8-9-4-3-7-16-9/h1-2,5-6,9H,3-4,7-8H2,(H,14,15)/t9-/m0/s1. The van der Waals surface area contributed by atoms with Gasteiger partial charge in [0.2, 0.25) is 0 Å². The summed E-state index contributed by atoms with van der Waals surface area (Å²) in [7, 11) is 0. The van der Waals surface area contributed by atoms with Crippen molar-refractivity contribution in [3.8, 4) is 0 Å². The lowest BCUT2D eigenvalue weighted by atomic mass is 10.2. The van der Waals surface area contributed by atoms with Crippen LogP contribution >= 0.6 is 15.9 Å². The molecular formula is C12H14BrNO2. The molecule has 1 saturated heterocycles. The second-order valence-corrected chi connectivity index (χ2v) is 4.68. The van der Waals surface area contributed by atoms with Crippen molar-refractivity contribution in [3.05, 3.63) is 34.3 Å². The van der Waals surface area contributed by atoms with Gasteiger partial charge >= 0.3 is 0 Å². The first-order chi connectivity index (χ1) is 7.77. The minimum absolute atomic E-state index is 0.0528. The van der Waals surface area contributed by atoms with E-state index >= 15 is 0 Å². The molecule has 1 aliphatic rings. The van der Waals surface area contributed by atoms with Gasteiger partial charge in [-0.1, -0.05) is 12.1 Å². The van der Waals surface area contributed by atoms with Gasteiger partial charge in [-0.05, 0) is 40.9 Å². The maximum atomic E-state index is 11.8. The molecule has 16 heavy (non-hydrogen) atoms. The molecule has 0 aliphatic carbocycles. The third-order valence-corrected chi connectivity index (χ3v) is 3.32. The van der Waals surface area contributed by atoms with Gasteiger partial charge in [0, 0.05) is 17.6 Å². The first kappa shape index (κ1) is 11.6. The van der Waals surface area contributed by atoms with Crippen LogP contribution in [-0.2, 0) is 4.74 Å². The van der Waals surface area contributed by atoms with Gasteiger partial charge in [-0.15, -0.1) is 0 Å². The Morgan fingerprint density at radius 3 is 3.00 bits per heavy atom. The van der Waals surface area contributed by atoms with Crippen LogP contribution in [0.4, 0.5) is 0 Å². The van der Waals surface area contributed by atoms with Crippen molar-refractivity contribution in [3.63, 3.8) is 0 Å². The Kier molecular flexibility index (Phi) is 3.96. The normalized spacial score (nSPS) is 19.7. The van der Waals surface area contributed by atoms with Crippen LogP contribution in [0.1, 0.15) is 23.2 Å². The number of halogens is 1. The van der Waals surface area contributed by atoms with E-state index < -0.39 is 0 Å². The molecule has 0 aromatic heterocycles. The molecule has 3 nitrogen and oxygen atoms in total. The van der Waals surface area contributed by atoms with Crippen LogP contribution in [0.2, 0.25) is 0 Å². The fourth-order valence-electron chi connectivity index (χ4n) is 1.75. The summed E-state index contributed by atoms with van der Waals surface area (Å²) in [6.07, 6.45) is 2.32. The average Bonchev–Trinajstić information content (AvgIpc) is 2.79. The van der Waals surface area contributed by atoms with Crippen molar-refractivity contribution in [2.24, 2.45) is 0 Å². The number of hydrogen-bond acceptors (Lipinski definition) is 2. The molecule has 86 valence electrons. The molecule has 0 spiro atoms. The smallest absolute Gasteiger partial charge is 0.252 e. The summed E-state index contributed by atoms with van der Waals surface area (Å²) in [6.45, 7) is 1.41. The Hall–Kier alpha value is -0.870. The third kappa shape index (κ3) is 2.83. The van der Waals surface area contributed by atoms with Crippen LogP contribution in [-0.4, -0.2) is 25.2 Å². The van der Waals surface area contributed by atoms with Gasteiger partial charge in [-0.25, -0.2) is 0 Å². The highest BCUT2D eigenvalue weighted by molar-refractivity contribution is 9.10. The van der Waals surface area contributed by atoms with E-state index in [2.05, 4.69) is 21.2 Å². The van der Waals surface area contributed by atoms with Crippen molar-refractivity contribution >= 4 is 21.8 Å². The molecule has 0 radical (unpaired) electrons. The van der Waals surface area contributed by atoms with Gasteiger partial charge < -0.3 is 10.1 Å². The summed E-state index contributed by atoms with van der Waals surface area (Å²) in [5, 5.41) is 2.89. The predicted octanol–water partition coefficient (Wildman–Crippen LogP) is 2.36. The number of rotatable bonds is 3. The van der Waals surface area contributed by atoms with Gasteiger partial charge in [-0.3, -0.25) is 4.79 Å². The van der Waals surface area contributed by atoms with E-state index in [1.807, 2.05) is 18.2 Å². The molecule has 0 unspecified atom stereocenters. The summed E-state index contributed by atoms with van der Waals surface area (Å²) in [5.74, 6) is -0.0528. The van der Waals surface area contributed by atoms with E-state index in [-0.39, 0.29) is 12.0 Å². The van der Waals surface area contributed by atoms with E-state index in [0.29, 0.717) is 12.1 Å². The maximum Gasteiger partial charge on any atom is 0.252 e. The summed E-state index contributed by atoms with van der Waals surface area (Å²) in [4.78, 5) is 11.8. The van der Waals surface area contributed by atoms with Gasteiger partial charge in [0.15, 0.2) is 0 Å². The number of carbonyl (C=O) groups is 1. The van der Waals surface area contributed by atoms with Crippen LogP contribution in [0.25, 0.3) is 0 Å². The molecule has 1 aromatic rings. The highest BCUT2D eigenvalue weighted by atomic mass is 79.9. The Morgan fingerprint density at radius 1 is 1.50 bits per heavy atom. The zero-order valence-electron chi connectivity index (χ0n) is 8.91. The molecular weight excluding hydrogens is 270 g/mol. The van der Waals surface area contributed by atoms with E-state index in [1.165, 1.54) is 0 Å². The van der Waals surface area contributed by atoms with Crippen molar-refractivity contribution in [2.45, 2.75) is 18.9 Å². The zero-order chi connectivity index (χ0) is 11.4. The zero-order valence-corrected chi connectivity index (χ0v) is 10.5. The highest BCUT2D eigenvalue weighted by Crippen LogP contribution is 2.16. The lowest BCUT2D eigenvalue weighted by molar-refractivity contribution is 0.0857. The minimum atomic E-state index is -0.0528. The van der Waals surface area contributed by atoms with Gasteiger partial charge in [0.1, 0.15) is 0 Å². The average molecular weight is 284 g/mol. The second-order valence-electron chi connectivity index (χ2n) is 3.82. The lowest BCUT2D eigenvalue weighted by Crippen LogP contribution is -2.31. The third-order valence-electron chi connectivity index (χ3n) is 2.63. The topological polar surface area (TPSA) is 38.3 Å². The number of carbonyl (C=O) groups excluding carboxylic acids is 1. The van der Waals surface area contributed by atoms with Gasteiger partial charge in [-0.2, -0.15) is 0 Å². The Morgan fingerprint density at radius 2 is 2.31 bits per heavy atom.